The fourth-order valence-corrected chi connectivity index (χ4v) is 3.08. The van der Waals surface area contributed by atoms with E-state index in [0.29, 0.717) is 11.7 Å². The summed E-state index contributed by atoms with van der Waals surface area (Å²) in [5.74, 6) is 0.402. The monoisotopic (exact) mass is 347 g/mol. The van der Waals surface area contributed by atoms with Gasteiger partial charge >= 0.3 is 6.03 Å². The number of aryl methyl sites for hydroxylation is 1. The van der Waals surface area contributed by atoms with Gasteiger partial charge in [0, 0.05) is 19.2 Å². The summed E-state index contributed by atoms with van der Waals surface area (Å²) in [6.45, 7) is 6.44. The van der Waals surface area contributed by atoms with Crippen LogP contribution in [0, 0.1) is 6.92 Å². The van der Waals surface area contributed by atoms with E-state index in [1.165, 1.54) is 18.8 Å². The summed E-state index contributed by atoms with van der Waals surface area (Å²) in [6.07, 6.45) is 0. The lowest BCUT2D eigenvalue weighted by Crippen LogP contribution is -2.41. The number of thioether (sulfide) groups is 1. The summed E-state index contributed by atoms with van der Waals surface area (Å²) >= 11 is 1.27. The Labute approximate surface area is 145 Å². The van der Waals surface area contributed by atoms with Crippen molar-refractivity contribution in [1.82, 2.24) is 25.4 Å². The summed E-state index contributed by atoms with van der Waals surface area (Å²) in [5.41, 5.74) is 2.13. The second-order valence-corrected chi connectivity index (χ2v) is 6.50. The van der Waals surface area contributed by atoms with Crippen LogP contribution in [0.15, 0.2) is 29.4 Å². The molecule has 0 aliphatic carbocycles. The Morgan fingerprint density at radius 3 is 2.62 bits per heavy atom. The lowest BCUT2D eigenvalue weighted by molar-refractivity contribution is -0.119. The van der Waals surface area contributed by atoms with Crippen LogP contribution < -0.4 is 10.6 Å². The third kappa shape index (κ3) is 3.94. The maximum atomic E-state index is 12.0. The van der Waals surface area contributed by atoms with Gasteiger partial charge in [-0.1, -0.05) is 36.0 Å². The largest absolute Gasteiger partial charge is 0.341 e. The molecule has 0 spiro atoms. The van der Waals surface area contributed by atoms with E-state index in [1.807, 2.05) is 42.7 Å². The summed E-state index contributed by atoms with van der Waals surface area (Å²) in [5, 5.41) is 13.3. The highest BCUT2D eigenvalue weighted by molar-refractivity contribution is 8.00. The molecular formula is C16H21N5O2S. The van der Waals surface area contributed by atoms with Crippen molar-refractivity contribution in [2.75, 3.05) is 7.05 Å². The number of amides is 3. The maximum Gasteiger partial charge on any atom is 0.321 e. The Morgan fingerprint density at radius 1 is 1.29 bits per heavy atom. The molecule has 0 aliphatic heterocycles. The first-order valence-electron chi connectivity index (χ1n) is 7.66. The first-order chi connectivity index (χ1) is 11.5. The molecule has 1 aromatic heterocycles. The van der Waals surface area contributed by atoms with E-state index in [1.54, 1.807) is 6.92 Å². The Balaban J connectivity index is 2.22. The average molecular weight is 347 g/mol. The van der Waals surface area contributed by atoms with Crippen LogP contribution >= 0.6 is 11.8 Å². The zero-order chi connectivity index (χ0) is 17.7. The zero-order valence-corrected chi connectivity index (χ0v) is 15.0. The van der Waals surface area contributed by atoms with Gasteiger partial charge in [0.1, 0.15) is 0 Å². The molecule has 1 atom stereocenters. The molecule has 7 nitrogen and oxygen atoms in total. The quantitative estimate of drug-likeness (QED) is 0.810. The van der Waals surface area contributed by atoms with Crippen LogP contribution in [0.5, 0.6) is 0 Å². The number of nitrogens with one attached hydrogen (secondary N) is 2. The van der Waals surface area contributed by atoms with Gasteiger partial charge < -0.3 is 9.88 Å². The second kappa shape index (κ2) is 7.96. The zero-order valence-electron chi connectivity index (χ0n) is 14.2. The number of nitrogens with zero attached hydrogens (tertiary/aromatic N) is 3. The van der Waals surface area contributed by atoms with Crippen molar-refractivity contribution in [1.29, 1.82) is 0 Å². The molecule has 0 radical (unpaired) electrons. The lowest BCUT2D eigenvalue weighted by Gasteiger charge is -2.12. The Hall–Kier alpha value is -2.35. The highest BCUT2D eigenvalue weighted by atomic mass is 32.2. The SMILES string of the molecule is CCn1c(S[C@@H](C)C(=O)NC(=O)NC)nnc1-c1ccccc1C. The number of carbonyl (C=O) groups is 2. The van der Waals surface area contributed by atoms with E-state index in [2.05, 4.69) is 20.8 Å². The average Bonchev–Trinajstić information content (AvgIpc) is 2.97. The van der Waals surface area contributed by atoms with Gasteiger partial charge in [-0.15, -0.1) is 10.2 Å². The van der Waals surface area contributed by atoms with Crippen molar-refractivity contribution < 1.29 is 9.59 Å². The minimum Gasteiger partial charge on any atom is -0.341 e. The molecule has 1 heterocycles. The number of imide groups is 1. The van der Waals surface area contributed by atoms with Crippen LogP contribution in [-0.4, -0.2) is 39.0 Å². The van der Waals surface area contributed by atoms with E-state index in [4.69, 9.17) is 0 Å². The summed E-state index contributed by atoms with van der Waals surface area (Å²) < 4.78 is 1.97. The number of urea groups is 1. The molecule has 0 unspecified atom stereocenters. The molecule has 128 valence electrons. The van der Waals surface area contributed by atoms with Crippen molar-refractivity contribution in [3.63, 3.8) is 0 Å². The molecule has 2 aromatic rings. The number of hydrogen-bond donors (Lipinski definition) is 2. The fraction of sp³-hybridized carbons (Fsp3) is 0.375. The van der Waals surface area contributed by atoms with E-state index >= 15 is 0 Å². The Bertz CT molecular complexity index is 744. The number of carbonyl (C=O) groups excluding carboxylic acids is 2. The number of hydrogen-bond acceptors (Lipinski definition) is 5. The third-order valence-electron chi connectivity index (χ3n) is 3.53. The Morgan fingerprint density at radius 2 is 2.00 bits per heavy atom. The van der Waals surface area contributed by atoms with Crippen molar-refractivity contribution in [2.45, 2.75) is 37.7 Å². The van der Waals surface area contributed by atoms with Crippen LogP contribution in [0.25, 0.3) is 11.4 Å². The van der Waals surface area contributed by atoms with Gasteiger partial charge in [-0.05, 0) is 26.3 Å². The summed E-state index contributed by atoms with van der Waals surface area (Å²) in [4.78, 5) is 23.2. The molecule has 24 heavy (non-hydrogen) atoms. The van der Waals surface area contributed by atoms with Gasteiger partial charge in [-0.3, -0.25) is 10.1 Å². The van der Waals surface area contributed by atoms with Crippen LogP contribution in [0.1, 0.15) is 19.4 Å². The molecule has 3 amide bonds. The van der Waals surface area contributed by atoms with Crippen molar-refractivity contribution in [2.24, 2.45) is 0 Å². The minimum atomic E-state index is -0.523. The molecule has 0 bridgehead atoms. The molecule has 8 heteroatoms. The smallest absolute Gasteiger partial charge is 0.321 e. The van der Waals surface area contributed by atoms with E-state index in [9.17, 15) is 9.59 Å². The predicted octanol–water partition coefficient (Wildman–Crippen LogP) is 2.21. The number of rotatable bonds is 5. The molecular weight excluding hydrogens is 326 g/mol. The van der Waals surface area contributed by atoms with Crippen LogP contribution in [0.4, 0.5) is 4.79 Å². The predicted molar refractivity (Wildman–Crippen MR) is 93.8 cm³/mol. The molecule has 2 N–H and O–H groups in total. The standard InChI is InChI=1S/C16H21N5O2S/c1-5-21-13(12-9-7-6-8-10(12)2)19-20-16(21)24-11(3)14(22)18-15(23)17-4/h6-9,11H,5H2,1-4H3,(H2,17,18,22,23)/t11-/m0/s1. The lowest BCUT2D eigenvalue weighted by atomic mass is 10.1. The first-order valence-corrected chi connectivity index (χ1v) is 8.54. The normalized spacial score (nSPS) is 11.8. The van der Waals surface area contributed by atoms with Crippen LogP contribution in [-0.2, 0) is 11.3 Å². The highest BCUT2D eigenvalue weighted by Crippen LogP contribution is 2.28. The molecule has 0 saturated carbocycles. The molecule has 2 rings (SSSR count). The number of aromatic nitrogens is 3. The van der Waals surface area contributed by atoms with Crippen molar-refractivity contribution in [3.8, 4) is 11.4 Å². The van der Waals surface area contributed by atoms with Crippen LogP contribution in [0.3, 0.4) is 0 Å². The minimum absolute atomic E-state index is 0.373. The third-order valence-corrected chi connectivity index (χ3v) is 4.61. The molecule has 1 aromatic carbocycles. The first kappa shape index (κ1) is 18.0. The topological polar surface area (TPSA) is 88.9 Å². The van der Waals surface area contributed by atoms with Gasteiger partial charge in [-0.25, -0.2) is 4.79 Å². The summed E-state index contributed by atoms with van der Waals surface area (Å²) in [7, 11) is 1.46. The van der Waals surface area contributed by atoms with Gasteiger partial charge in [0.15, 0.2) is 11.0 Å². The number of benzene rings is 1. The van der Waals surface area contributed by atoms with Gasteiger partial charge in [-0.2, -0.15) is 0 Å². The fourth-order valence-electron chi connectivity index (χ4n) is 2.17. The van der Waals surface area contributed by atoms with E-state index < -0.39 is 11.3 Å². The molecule has 0 fully saturated rings. The van der Waals surface area contributed by atoms with E-state index in [-0.39, 0.29) is 5.91 Å². The van der Waals surface area contributed by atoms with Gasteiger partial charge in [0.25, 0.3) is 0 Å². The summed E-state index contributed by atoms with van der Waals surface area (Å²) in [6, 6.07) is 7.44. The Kier molecular flexibility index (Phi) is 5.97. The highest BCUT2D eigenvalue weighted by Gasteiger charge is 2.21. The van der Waals surface area contributed by atoms with Crippen molar-refractivity contribution >= 4 is 23.7 Å². The molecule has 0 aliphatic rings. The van der Waals surface area contributed by atoms with Crippen LogP contribution in [0.2, 0.25) is 0 Å². The van der Waals surface area contributed by atoms with Gasteiger partial charge in [0.2, 0.25) is 5.91 Å². The van der Waals surface area contributed by atoms with Crippen molar-refractivity contribution in [3.05, 3.63) is 29.8 Å². The molecule has 0 saturated heterocycles. The van der Waals surface area contributed by atoms with Gasteiger partial charge in [0.05, 0.1) is 5.25 Å². The van der Waals surface area contributed by atoms with E-state index in [0.717, 1.165) is 17.0 Å². The maximum absolute atomic E-state index is 12.0. The second-order valence-electron chi connectivity index (χ2n) is 5.19.